The normalized spacial score (nSPS) is 12.0. The second-order valence-corrected chi connectivity index (χ2v) is 13.9. The average molecular weight is 677 g/mol. The number of amides is 2. The SMILES string of the molecule is Cc1ccc(C)c(N(CC(=O)N(Cc2ccc(Br)cc2)C(Cc2ccccc2)C(=O)NC(C)C)S(=O)(=O)c2ccccc2)c1. The first-order chi connectivity index (χ1) is 21.0. The van der Waals surface area contributed by atoms with Crippen LogP contribution in [0.25, 0.3) is 0 Å². The topological polar surface area (TPSA) is 86.8 Å². The number of hydrogen-bond acceptors (Lipinski definition) is 4. The minimum absolute atomic E-state index is 0.0755. The predicted octanol–water partition coefficient (Wildman–Crippen LogP) is 6.43. The fraction of sp³-hybridized carbons (Fsp3) is 0.257. The molecule has 0 heterocycles. The smallest absolute Gasteiger partial charge is 0.264 e. The van der Waals surface area contributed by atoms with Crippen LogP contribution in [-0.4, -0.2) is 43.8 Å². The van der Waals surface area contributed by atoms with Crippen molar-refractivity contribution in [1.82, 2.24) is 10.2 Å². The quantitative estimate of drug-likeness (QED) is 0.188. The van der Waals surface area contributed by atoms with Gasteiger partial charge in [-0.3, -0.25) is 13.9 Å². The summed E-state index contributed by atoms with van der Waals surface area (Å²) in [5, 5.41) is 2.98. The van der Waals surface area contributed by atoms with Crippen LogP contribution >= 0.6 is 15.9 Å². The Morgan fingerprint density at radius 2 is 1.43 bits per heavy atom. The number of hydrogen-bond donors (Lipinski definition) is 1. The summed E-state index contributed by atoms with van der Waals surface area (Å²) in [6.45, 7) is 7.06. The Kier molecular flexibility index (Phi) is 11.0. The van der Waals surface area contributed by atoms with E-state index in [1.54, 1.807) is 24.3 Å². The molecule has 0 aliphatic heterocycles. The molecular formula is C35H38BrN3O4S. The maximum Gasteiger partial charge on any atom is 0.264 e. The molecule has 0 radical (unpaired) electrons. The molecule has 230 valence electrons. The number of nitrogens with zero attached hydrogens (tertiary/aromatic N) is 2. The lowest BCUT2D eigenvalue weighted by atomic mass is 10.0. The van der Waals surface area contributed by atoms with Crippen molar-refractivity contribution in [3.63, 3.8) is 0 Å². The standard InChI is InChI=1S/C35H38BrN3O4S/c1-25(2)37-35(41)33(22-28-11-7-5-8-12-28)38(23-29-17-19-30(36)20-18-29)34(40)24-39(32-21-26(3)15-16-27(32)4)44(42,43)31-13-9-6-10-14-31/h5-21,25,33H,22-24H2,1-4H3,(H,37,41). The van der Waals surface area contributed by atoms with Crippen molar-refractivity contribution in [2.24, 2.45) is 0 Å². The zero-order valence-electron chi connectivity index (χ0n) is 25.4. The van der Waals surface area contributed by atoms with E-state index in [0.29, 0.717) is 11.3 Å². The van der Waals surface area contributed by atoms with Gasteiger partial charge in [0.25, 0.3) is 10.0 Å². The molecule has 7 nitrogen and oxygen atoms in total. The molecule has 0 saturated heterocycles. The number of anilines is 1. The second kappa shape index (κ2) is 14.7. The summed E-state index contributed by atoms with van der Waals surface area (Å²) in [5.41, 5.74) is 3.67. The predicted molar refractivity (Wildman–Crippen MR) is 179 cm³/mol. The number of carbonyl (C=O) groups is 2. The highest BCUT2D eigenvalue weighted by Crippen LogP contribution is 2.29. The molecule has 1 unspecified atom stereocenters. The Labute approximate surface area is 269 Å². The van der Waals surface area contributed by atoms with E-state index in [1.807, 2.05) is 94.4 Å². The van der Waals surface area contributed by atoms with Crippen LogP contribution in [0.3, 0.4) is 0 Å². The summed E-state index contributed by atoms with van der Waals surface area (Å²) in [6.07, 6.45) is 0.260. The van der Waals surface area contributed by atoms with Crippen LogP contribution in [0.1, 0.15) is 36.1 Å². The van der Waals surface area contributed by atoms with Gasteiger partial charge in [0.05, 0.1) is 10.6 Å². The third kappa shape index (κ3) is 8.36. The van der Waals surface area contributed by atoms with Crippen LogP contribution in [0.5, 0.6) is 0 Å². The van der Waals surface area contributed by atoms with Crippen molar-refractivity contribution in [3.05, 3.63) is 130 Å². The first-order valence-corrected chi connectivity index (χ1v) is 16.7. The average Bonchev–Trinajstić information content (AvgIpc) is 3.00. The Hall–Kier alpha value is -3.95. The van der Waals surface area contributed by atoms with Crippen molar-refractivity contribution in [2.45, 2.75) is 57.6 Å². The van der Waals surface area contributed by atoms with Gasteiger partial charge in [0.1, 0.15) is 12.6 Å². The van der Waals surface area contributed by atoms with Crippen molar-refractivity contribution in [3.8, 4) is 0 Å². The fourth-order valence-electron chi connectivity index (χ4n) is 4.94. The van der Waals surface area contributed by atoms with Gasteiger partial charge in [-0.15, -0.1) is 0 Å². The summed E-state index contributed by atoms with van der Waals surface area (Å²) >= 11 is 3.46. The van der Waals surface area contributed by atoms with E-state index in [-0.39, 0.29) is 29.8 Å². The number of aryl methyl sites for hydroxylation is 2. The molecule has 2 amide bonds. The number of halogens is 1. The van der Waals surface area contributed by atoms with Crippen molar-refractivity contribution in [2.75, 3.05) is 10.8 Å². The Morgan fingerprint density at radius 3 is 2.05 bits per heavy atom. The molecule has 44 heavy (non-hydrogen) atoms. The summed E-state index contributed by atoms with van der Waals surface area (Å²) in [7, 11) is -4.15. The highest BCUT2D eigenvalue weighted by Gasteiger charge is 2.35. The molecule has 1 atom stereocenters. The lowest BCUT2D eigenvalue weighted by Crippen LogP contribution is -2.54. The van der Waals surface area contributed by atoms with Gasteiger partial charge >= 0.3 is 0 Å². The third-order valence-corrected chi connectivity index (χ3v) is 9.51. The van der Waals surface area contributed by atoms with Gasteiger partial charge in [-0.1, -0.05) is 88.7 Å². The van der Waals surface area contributed by atoms with Crippen molar-refractivity contribution < 1.29 is 18.0 Å². The molecule has 0 aliphatic rings. The molecule has 0 fully saturated rings. The van der Waals surface area contributed by atoms with Gasteiger partial charge in [0, 0.05) is 23.5 Å². The van der Waals surface area contributed by atoms with E-state index >= 15 is 0 Å². The van der Waals surface area contributed by atoms with Crippen LogP contribution in [0.2, 0.25) is 0 Å². The van der Waals surface area contributed by atoms with Crippen molar-refractivity contribution >= 4 is 43.5 Å². The fourth-order valence-corrected chi connectivity index (χ4v) is 6.70. The minimum Gasteiger partial charge on any atom is -0.352 e. The van der Waals surface area contributed by atoms with E-state index in [2.05, 4.69) is 21.2 Å². The number of nitrogens with one attached hydrogen (secondary N) is 1. The number of carbonyl (C=O) groups excluding carboxylic acids is 2. The minimum atomic E-state index is -4.15. The monoisotopic (exact) mass is 675 g/mol. The molecule has 4 aromatic rings. The highest BCUT2D eigenvalue weighted by molar-refractivity contribution is 9.10. The third-order valence-electron chi connectivity index (χ3n) is 7.21. The molecule has 0 saturated carbocycles. The Bertz CT molecular complexity index is 1680. The molecule has 0 aromatic heterocycles. The number of sulfonamides is 1. The van der Waals surface area contributed by atoms with E-state index in [0.717, 1.165) is 21.2 Å². The van der Waals surface area contributed by atoms with Crippen LogP contribution in [0.4, 0.5) is 5.69 Å². The molecule has 0 aliphatic carbocycles. The maximum atomic E-state index is 14.5. The lowest BCUT2D eigenvalue weighted by molar-refractivity contribution is -0.140. The lowest BCUT2D eigenvalue weighted by Gasteiger charge is -2.34. The van der Waals surface area contributed by atoms with Crippen LogP contribution in [-0.2, 0) is 32.6 Å². The molecule has 9 heteroatoms. The first kappa shape index (κ1) is 33.0. The Balaban J connectivity index is 1.82. The van der Waals surface area contributed by atoms with Gasteiger partial charge in [0.2, 0.25) is 11.8 Å². The summed E-state index contributed by atoms with van der Waals surface area (Å²) < 4.78 is 30.4. The number of rotatable bonds is 12. The molecule has 0 spiro atoms. The summed E-state index contributed by atoms with van der Waals surface area (Å²) in [4.78, 5) is 29.9. The van der Waals surface area contributed by atoms with E-state index < -0.39 is 28.5 Å². The molecule has 4 rings (SSSR count). The zero-order valence-corrected chi connectivity index (χ0v) is 27.8. The van der Waals surface area contributed by atoms with Crippen LogP contribution in [0.15, 0.2) is 112 Å². The van der Waals surface area contributed by atoms with Gasteiger partial charge < -0.3 is 10.2 Å². The summed E-state index contributed by atoms with van der Waals surface area (Å²) in [6, 6.07) is 29.6. The van der Waals surface area contributed by atoms with Gasteiger partial charge in [-0.2, -0.15) is 0 Å². The first-order valence-electron chi connectivity index (χ1n) is 14.5. The van der Waals surface area contributed by atoms with E-state index in [1.165, 1.54) is 21.3 Å². The zero-order chi connectivity index (χ0) is 31.9. The highest BCUT2D eigenvalue weighted by atomic mass is 79.9. The molecular weight excluding hydrogens is 638 g/mol. The Morgan fingerprint density at radius 1 is 0.818 bits per heavy atom. The maximum absolute atomic E-state index is 14.5. The second-order valence-electron chi connectivity index (χ2n) is 11.1. The van der Waals surface area contributed by atoms with Gasteiger partial charge in [-0.05, 0) is 80.3 Å². The largest absolute Gasteiger partial charge is 0.352 e. The van der Waals surface area contributed by atoms with Crippen LogP contribution < -0.4 is 9.62 Å². The summed E-state index contributed by atoms with van der Waals surface area (Å²) in [5.74, 6) is -0.799. The molecule has 4 aromatic carbocycles. The molecule has 0 bridgehead atoms. The van der Waals surface area contributed by atoms with E-state index in [4.69, 9.17) is 0 Å². The van der Waals surface area contributed by atoms with Crippen molar-refractivity contribution in [1.29, 1.82) is 0 Å². The van der Waals surface area contributed by atoms with E-state index in [9.17, 15) is 18.0 Å². The van der Waals surface area contributed by atoms with Gasteiger partial charge in [-0.25, -0.2) is 8.42 Å². The number of benzene rings is 4. The van der Waals surface area contributed by atoms with Crippen LogP contribution in [0, 0.1) is 13.8 Å². The van der Waals surface area contributed by atoms with Gasteiger partial charge in [0.15, 0.2) is 0 Å². The molecule has 1 N–H and O–H groups in total.